The lowest BCUT2D eigenvalue weighted by Crippen LogP contribution is -2.51. The molecular weight excluding hydrogens is 332 g/mol. The molecule has 0 spiro atoms. The zero-order valence-electron chi connectivity index (χ0n) is 15.0. The Hall–Kier alpha value is -1.92. The molecule has 6 heteroatoms. The summed E-state index contributed by atoms with van der Waals surface area (Å²) in [5.74, 6) is 0.513. The van der Waals surface area contributed by atoms with Gasteiger partial charge in [0.15, 0.2) is 0 Å². The number of amides is 2. The average molecular weight is 360 g/mol. The minimum atomic E-state index is -0.446. The van der Waals surface area contributed by atoms with Gasteiger partial charge in [-0.05, 0) is 37.2 Å². The maximum absolute atomic E-state index is 12.1. The van der Waals surface area contributed by atoms with E-state index in [1.54, 1.807) is 0 Å². The van der Waals surface area contributed by atoms with Gasteiger partial charge in [0.25, 0.3) is 0 Å². The summed E-state index contributed by atoms with van der Waals surface area (Å²) in [6.45, 7) is 0.339. The van der Waals surface area contributed by atoms with Gasteiger partial charge in [-0.1, -0.05) is 30.3 Å². The third kappa shape index (κ3) is 5.81. The minimum Gasteiger partial charge on any atom is -0.394 e. The number of ether oxygens (including phenoxy) is 1. The maximum Gasteiger partial charge on any atom is 0.222 e. The van der Waals surface area contributed by atoms with Crippen molar-refractivity contribution in [1.29, 1.82) is 0 Å². The lowest BCUT2D eigenvalue weighted by molar-refractivity contribution is -0.136. The van der Waals surface area contributed by atoms with Crippen molar-refractivity contribution < 1.29 is 19.4 Å². The van der Waals surface area contributed by atoms with Crippen LogP contribution in [-0.4, -0.2) is 41.8 Å². The van der Waals surface area contributed by atoms with Crippen LogP contribution in [0.2, 0.25) is 0 Å². The van der Waals surface area contributed by atoms with Crippen LogP contribution in [0, 0.1) is 5.92 Å². The van der Waals surface area contributed by atoms with E-state index < -0.39 is 6.10 Å². The van der Waals surface area contributed by atoms with E-state index >= 15 is 0 Å². The van der Waals surface area contributed by atoms with Gasteiger partial charge >= 0.3 is 0 Å². The summed E-state index contributed by atoms with van der Waals surface area (Å²) in [6.07, 6.45) is 3.86. The summed E-state index contributed by atoms with van der Waals surface area (Å²) in [5.41, 5.74) is 1.05. The molecular formula is C20H28N2O4. The molecule has 2 aliphatic rings. The number of carbonyl (C=O) groups excluding carboxylic acids is 2. The van der Waals surface area contributed by atoms with Crippen LogP contribution in [0.1, 0.15) is 44.1 Å². The molecule has 3 rings (SSSR count). The number of nitrogens with one attached hydrogen (secondary N) is 2. The number of benzene rings is 1. The van der Waals surface area contributed by atoms with Crippen molar-refractivity contribution in [3.8, 4) is 0 Å². The summed E-state index contributed by atoms with van der Waals surface area (Å²) < 4.78 is 5.87. The van der Waals surface area contributed by atoms with Crippen molar-refractivity contribution in [3.63, 3.8) is 0 Å². The van der Waals surface area contributed by atoms with Crippen molar-refractivity contribution in [1.82, 2.24) is 10.6 Å². The zero-order chi connectivity index (χ0) is 18.4. The fraction of sp³-hybridized carbons (Fsp3) is 0.600. The topological polar surface area (TPSA) is 87.7 Å². The fourth-order valence-electron chi connectivity index (χ4n) is 3.37. The second-order valence-corrected chi connectivity index (χ2v) is 7.34. The lowest BCUT2D eigenvalue weighted by Gasteiger charge is -2.36. The number of carbonyl (C=O) groups is 2. The Morgan fingerprint density at radius 2 is 1.81 bits per heavy atom. The highest BCUT2D eigenvalue weighted by Gasteiger charge is 2.34. The van der Waals surface area contributed by atoms with Gasteiger partial charge in [-0.25, -0.2) is 0 Å². The molecule has 0 aromatic heterocycles. The quantitative estimate of drug-likeness (QED) is 0.656. The van der Waals surface area contributed by atoms with Gasteiger partial charge in [-0.3, -0.25) is 9.59 Å². The molecule has 3 atom stereocenters. The molecule has 2 amide bonds. The molecule has 6 nitrogen and oxygen atoms in total. The van der Waals surface area contributed by atoms with Gasteiger partial charge in [-0.2, -0.15) is 0 Å². The molecule has 1 aliphatic heterocycles. The third-order valence-corrected chi connectivity index (χ3v) is 5.06. The predicted octanol–water partition coefficient (Wildman–Crippen LogP) is 1.52. The third-order valence-electron chi connectivity index (χ3n) is 5.06. The van der Waals surface area contributed by atoms with Crippen LogP contribution in [0.25, 0.3) is 0 Å². The van der Waals surface area contributed by atoms with E-state index in [0.717, 1.165) is 24.8 Å². The van der Waals surface area contributed by atoms with Crippen LogP contribution in [0.4, 0.5) is 0 Å². The standard InChI is InChI=1S/C20H28N2O4/c23-13-18-17(22-20(25)10-14-6-7-14)9-8-16(26-18)11-19(24)21-12-15-4-2-1-3-5-15/h1-5,14,16-18,23H,6-13H2,(H,21,24)(H,22,25)/t16-,17-,18+/m0/s1. The van der Waals surface area contributed by atoms with E-state index in [2.05, 4.69) is 10.6 Å². The Morgan fingerprint density at radius 1 is 1.04 bits per heavy atom. The van der Waals surface area contributed by atoms with Gasteiger partial charge in [0.1, 0.15) is 6.10 Å². The van der Waals surface area contributed by atoms with Gasteiger partial charge in [-0.15, -0.1) is 0 Å². The first-order valence-electron chi connectivity index (χ1n) is 9.50. The summed E-state index contributed by atoms with van der Waals surface area (Å²) >= 11 is 0. The van der Waals surface area contributed by atoms with Crippen LogP contribution in [0.15, 0.2) is 30.3 Å². The van der Waals surface area contributed by atoms with Crippen molar-refractivity contribution >= 4 is 11.8 Å². The van der Waals surface area contributed by atoms with Crippen molar-refractivity contribution in [2.45, 2.75) is 63.3 Å². The van der Waals surface area contributed by atoms with Gasteiger partial charge in [0, 0.05) is 13.0 Å². The van der Waals surface area contributed by atoms with E-state index in [1.807, 2.05) is 30.3 Å². The Morgan fingerprint density at radius 3 is 2.50 bits per heavy atom. The summed E-state index contributed by atoms with van der Waals surface area (Å²) in [4.78, 5) is 24.1. The smallest absolute Gasteiger partial charge is 0.222 e. The number of aliphatic hydroxyl groups is 1. The highest BCUT2D eigenvalue weighted by Crippen LogP contribution is 2.32. The summed E-state index contributed by atoms with van der Waals surface area (Å²) in [6, 6.07) is 9.58. The Kier molecular flexibility index (Phi) is 6.63. The largest absolute Gasteiger partial charge is 0.394 e. The summed E-state index contributed by atoms with van der Waals surface area (Å²) in [7, 11) is 0. The molecule has 1 saturated heterocycles. The van der Waals surface area contributed by atoms with Gasteiger partial charge in [0.2, 0.25) is 11.8 Å². The molecule has 26 heavy (non-hydrogen) atoms. The molecule has 2 fully saturated rings. The van der Waals surface area contributed by atoms with E-state index in [4.69, 9.17) is 4.74 Å². The first kappa shape index (κ1) is 18.9. The Balaban J connectivity index is 1.41. The highest BCUT2D eigenvalue weighted by atomic mass is 16.5. The van der Waals surface area contributed by atoms with E-state index in [1.165, 1.54) is 0 Å². The predicted molar refractivity (Wildman–Crippen MR) is 97.2 cm³/mol. The minimum absolute atomic E-state index is 0.0404. The Labute approximate surface area is 154 Å². The molecule has 3 N–H and O–H groups in total. The highest BCUT2D eigenvalue weighted by molar-refractivity contribution is 5.77. The van der Waals surface area contributed by atoms with E-state index in [-0.39, 0.29) is 37.0 Å². The molecule has 1 heterocycles. The van der Waals surface area contributed by atoms with Crippen LogP contribution in [0.5, 0.6) is 0 Å². The molecule has 0 unspecified atom stereocenters. The van der Waals surface area contributed by atoms with Crippen LogP contribution < -0.4 is 10.6 Å². The molecule has 1 aliphatic carbocycles. The van der Waals surface area contributed by atoms with Gasteiger partial charge < -0.3 is 20.5 Å². The first-order valence-corrected chi connectivity index (χ1v) is 9.50. The first-order chi connectivity index (χ1) is 12.6. The lowest BCUT2D eigenvalue weighted by atomic mass is 9.96. The van der Waals surface area contributed by atoms with Crippen molar-refractivity contribution in [2.75, 3.05) is 6.61 Å². The van der Waals surface area contributed by atoms with E-state index in [9.17, 15) is 14.7 Å². The van der Waals surface area contributed by atoms with Crippen LogP contribution in [0.3, 0.4) is 0 Å². The van der Waals surface area contributed by atoms with Crippen molar-refractivity contribution in [2.24, 2.45) is 5.92 Å². The van der Waals surface area contributed by atoms with E-state index in [0.29, 0.717) is 25.3 Å². The van der Waals surface area contributed by atoms with Crippen LogP contribution >= 0.6 is 0 Å². The molecule has 1 aromatic carbocycles. The fourth-order valence-corrected chi connectivity index (χ4v) is 3.37. The monoisotopic (exact) mass is 360 g/mol. The molecule has 1 saturated carbocycles. The molecule has 1 aromatic rings. The number of rotatable bonds is 8. The SMILES string of the molecule is O=C(C[C@@H]1CC[C@H](NC(=O)CC2CC2)[C@@H](CO)O1)NCc1ccccc1. The van der Waals surface area contributed by atoms with Crippen LogP contribution in [-0.2, 0) is 20.9 Å². The molecule has 0 bridgehead atoms. The Bertz CT molecular complexity index is 603. The summed E-state index contributed by atoms with van der Waals surface area (Å²) in [5, 5.41) is 15.5. The zero-order valence-corrected chi connectivity index (χ0v) is 15.0. The molecule has 142 valence electrons. The second-order valence-electron chi connectivity index (χ2n) is 7.34. The molecule has 0 radical (unpaired) electrons. The number of hydrogen-bond acceptors (Lipinski definition) is 4. The number of aliphatic hydroxyl groups excluding tert-OH is 1. The average Bonchev–Trinajstić information content (AvgIpc) is 3.46. The van der Waals surface area contributed by atoms with Crippen molar-refractivity contribution in [3.05, 3.63) is 35.9 Å². The number of hydrogen-bond donors (Lipinski definition) is 3. The maximum atomic E-state index is 12.1. The second kappa shape index (κ2) is 9.14. The van der Waals surface area contributed by atoms with Gasteiger partial charge in [0.05, 0.1) is 25.2 Å². The normalized spacial score (nSPS) is 25.5.